The molecule has 0 spiro atoms. The van der Waals surface area contributed by atoms with Crippen molar-refractivity contribution >= 4 is 21.6 Å². The Labute approximate surface area is 119 Å². The number of rotatable bonds is 3. The molecular weight excluding hydrogens is 288 g/mol. The molecule has 1 aromatic rings. The Morgan fingerprint density at radius 1 is 1.39 bits per heavy atom. The zero-order valence-corrected chi connectivity index (χ0v) is 12.9. The number of nitrogens with two attached hydrogens (primary N) is 1. The Kier molecular flexibility index (Phi) is 4.68. The van der Waals surface area contributed by atoms with Crippen LogP contribution in [0.3, 0.4) is 0 Å². The molecule has 2 N–H and O–H groups in total. The quantitative estimate of drug-likeness (QED) is 0.854. The van der Waals surface area contributed by atoms with Crippen LogP contribution < -0.4 is 5.73 Å². The predicted octanol–water partition coefficient (Wildman–Crippen LogP) is 4.04. The molecule has 18 heavy (non-hydrogen) atoms. The molecule has 1 aliphatic rings. The van der Waals surface area contributed by atoms with Crippen molar-refractivity contribution in [1.82, 2.24) is 4.90 Å². The Morgan fingerprint density at radius 2 is 2.17 bits per heavy atom. The third kappa shape index (κ3) is 3.27. The van der Waals surface area contributed by atoms with Crippen LogP contribution in [0, 0.1) is 5.92 Å². The van der Waals surface area contributed by atoms with Crippen LogP contribution in [0.25, 0.3) is 0 Å². The number of hydrogen-bond donors (Lipinski definition) is 1. The van der Waals surface area contributed by atoms with Crippen molar-refractivity contribution in [3.05, 3.63) is 28.2 Å². The molecule has 100 valence electrons. The molecule has 0 amide bonds. The highest BCUT2D eigenvalue weighted by atomic mass is 79.9. The monoisotopic (exact) mass is 310 g/mol. The minimum absolute atomic E-state index is 0.709. The molecule has 1 saturated carbocycles. The number of nitrogens with zero attached hydrogens (tertiary/aromatic N) is 1. The number of anilines is 1. The smallest absolute Gasteiger partial charge is 0.0371 e. The summed E-state index contributed by atoms with van der Waals surface area (Å²) in [5, 5.41) is 0. The van der Waals surface area contributed by atoms with Gasteiger partial charge in [0, 0.05) is 28.3 Å². The Morgan fingerprint density at radius 3 is 2.83 bits per heavy atom. The van der Waals surface area contributed by atoms with E-state index in [1.165, 1.54) is 31.2 Å². The predicted molar refractivity (Wildman–Crippen MR) is 81.4 cm³/mol. The highest BCUT2D eigenvalue weighted by Gasteiger charge is 2.23. The Balaban J connectivity index is 2.04. The number of hydrogen-bond acceptors (Lipinski definition) is 2. The molecule has 2 unspecified atom stereocenters. The van der Waals surface area contributed by atoms with Gasteiger partial charge in [-0.1, -0.05) is 41.8 Å². The van der Waals surface area contributed by atoms with E-state index in [4.69, 9.17) is 5.73 Å². The highest BCUT2D eigenvalue weighted by Crippen LogP contribution is 2.30. The summed E-state index contributed by atoms with van der Waals surface area (Å²) in [4.78, 5) is 2.46. The van der Waals surface area contributed by atoms with E-state index in [0.717, 1.165) is 22.6 Å². The maximum atomic E-state index is 6.07. The first-order valence-corrected chi connectivity index (χ1v) is 7.60. The van der Waals surface area contributed by atoms with Gasteiger partial charge < -0.3 is 5.73 Å². The average molecular weight is 311 g/mol. The molecule has 1 aromatic carbocycles. The topological polar surface area (TPSA) is 29.3 Å². The minimum atomic E-state index is 0.709. The van der Waals surface area contributed by atoms with E-state index in [-0.39, 0.29) is 0 Å². The van der Waals surface area contributed by atoms with E-state index in [9.17, 15) is 0 Å². The molecule has 2 atom stereocenters. The van der Waals surface area contributed by atoms with Crippen LogP contribution in [0.15, 0.2) is 22.7 Å². The maximum Gasteiger partial charge on any atom is 0.0371 e. The lowest BCUT2D eigenvalue weighted by molar-refractivity contribution is 0.158. The van der Waals surface area contributed by atoms with E-state index in [1.807, 2.05) is 12.1 Å². The molecule has 0 aromatic heterocycles. The molecule has 2 nitrogen and oxygen atoms in total. The molecule has 0 heterocycles. The summed E-state index contributed by atoms with van der Waals surface area (Å²) >= 11 is 3.60. The standard InChI is InChI=1S/C15H23BrN2/c1-11-5-3-6-12(9-11)18(2)10-13-14(16)7-4-8-15(13)17/h4,7-8,11-12H,3,5-6,9-10,17H2,1-2H3. The minimum Gasteiger partial charge on any atom is -0.398 e. The van der Waals surface area contributed by atoms with Gasteiger partial charge in [-0.3, -0.25) is 4.90 Å². The number of nitrogen functional groups attached to an aromatic ring is 1. The SMILES string of the molecule is CC1CCCC(N(C)Cc2c(N)cccc2Br)C1. The largest absolute Gasteiger partial charge is 0.398 e. The third-order valence-electron chi connectivity index (χ3n) is 4.09. The van der Waals surface area contributed by atoms with Crippen LogP contribution >= 0.6 is 15.9 Å². The summed E-state index contributed by atoms with van der Waals surface area (Å²) in [7, 11) is 2.22. The van der Waals surface area contributed by atoms with E-state index >= 15 is 0 Å². The lowest BCUT2D eigenvalue weighted by Crippen LogP contribution is -2.35. The summed E-state index contributed by atoms with van der Waals surface area (Å²) in [6, 6.07) is 6.76. The lowest BCUT2D eigenvalue weighted by atomic mass is 9.86. The highest BCUT2D eigenvalue weighted by molar-refractivity contribution is 9.10. The molecule has 0 bridgehead atoms. The van der Waals surface area contributed by atoms with E-state index < -0.39 is 0 Å². The van der Waals surface area contributed by atoms with E-state index in [0.29, 0.717) is 6.04 Å². The second-order valence-electron chi connectivity index (χ2n) is 5.65. The average Bonchev–Trinajstić information content (AvgIpc) is 2.34. The van der Waals surface area contributed by atoms with Gasteiger partial charge in [0.25, 0.3) is 0 Å². The van der Waals surface area contributed by atoms with E-state index in [2.05, 4.69) is 40.9 Å². The molecular formula is C15H23BrN2. The summed E-state index contributed by atoms with van der Waals surface area (Å²) in [5.74, 6) is 0.864. The first-order valence-electron chi connectivity index (χ1n) is 6.81. The Hall–Kier alpha value is -0.540. The van der Waals surface area contributed by atoms with Crippen LogP contribution in [0.5, 0.6) is 0 Å². The van der Waals surface area contributed by atoms with Gasteiger partial charge >= 0.3 is 0 Å². The fraction of sp³-hybridized carbons (Fsp3) is 0.600. The first kappa shape index (κ1) is 13.9. The van der Waals surface area contributed by atoms with Crippen molar-refractivity contribution in [3.63, 3.8) is 0 Å². The fourth-order valence-electron chi connectivity index (χ4n) is 2.92. The zero-order chi connectivity index (χ0) is 13.1. The first-order chi connectivity index (χ1) is 8.58. The van der Waals surface area contributed by atoms with Crippen molar-refractivity contribution < 1.29 is 0 Å². The van der Waals surface area contributed by atoms with Gasteiger partial charge in [-0.05, 0) is 37.9 Å². The molecule has 2 rings (SSSR count). The van der Waals surface area contributed by atoms with Crippen LogP contribution in [0.4, 0.5) is 5.69 Å². The zero-order valence-electron chi connectivity index (χ0n) is 11.3. The van der Waals surface area contributed by atoms with Gasteiger partial charge in [-0.2, -0.15) is 0 Å². The van der Waals surface area contributed by atoms with Gasteiger partial charge in [0.1, 0.15) is 0 Å². The lowest BCUT2D eigenvalue weighted by Gasteiger charge is -2.34. The second-order valence-corrected chi connectivity index (χ2v) is 6.50. The summed E-state index contributed by atoms with van der Waals surface area (Å²) in [6.07, 6.45) is 5.40. The van der Waals surface area contributed by atoms with Gasteiger partial charge in [-0.15, -0.1) is 0 Å². The van der Waals surface area contributed by atoms with Crippen molar-refractivity contribution in [2.45, 2.75) is 45.2 Å². The van der Waals surface area contributed by atoms with E-state index in [1.54, 1.807) is 0 Å². The summed E-state index contributed by atoms with van der Waals surface area (Å²) < 4.78 is 1.12. The molecule has 1 aliphatic carbocycles. The summed E-state index contributed by atoms with van der Waals surface area (Å²) in [6.45, 7) is 3.30. The van der Waals surface area contributed by atoms with Crippen molar-refractivity contribution in [2.75, 3.05) is 12.8 Å². The maximum absolute atomic E-state index is 6.07. The molecule has 3 heteroatoms. The van der Waals surface area contributed by atoms with Crippen LogP contribution in [0.2, 0.25) is 0 Å². The molecule has 0 radical (unpaired) electrons. The van der Waals surface area contributed by atoms with Crippen molar-refractivity contribution in [3.8, 4) is 0 Å². The van der Waals surface area contributed by atoms with Gasteiger partial charge in [-0.25, -0.2) is 0 Å². The van der Waals surface area contributed by atoms with Crippen molar-refractivity contribution in [1.29, 1.82) is 0 Å². The normalized spacial score (nSPS) is 24.4. The van der Waals surface area contributed by atoms with Crippen molar-refractivity contribution in [2.24, 2.45) is 5.92 Å². The second kappa shape index (κ2) is 6.07. The Bertz CT molecular complexity index is 385. The van der Waals surface area contributed by atoms with Crippen LogP contribution in [0.1, 0.15) is 38.2 Å². The van der Waals surface area contributed by atoms with Gasteiger partial charge in [0.15, 0.2) is 0 Å². The number of halogens is 1. The van der Waals surface area contributed by atoms with Crippen LogP contribution in [-0.4, -0.2) is 18.0 Å². The third-order valence-corrected chi connectivity index (χ3v) is 4.84. The molecule has 0 saturated heterocycles. The molecule has 1 fully saturated rings. The van der Waals surface area contributed by atoms with Gasteiger partial charge in [0.2, 0.25) is 0 Å². The number of benzene rings is 1. The van der Waals surface area contributed by atoms with Crippen LogP contribution in [-0.2, 0) is 6.54 Å². The molecule has 0 aliphatic heterocycles. The summed E-state index contributed by atoms with van der Waals surface area (Å²) in [5.41, 5.74) is 8.18. The fourth-order valence-corrected chi connectivity index (χ4v) is 3.43. The van der Waals surface area contributed by atoms with Gasteiger partial charge in [0.05, 0.1) is 0 Å².